The number of rotatable bonds is 7. The third-order valence-electron chi connectivity index (χ3n) is 4.38. The first kappa shape index (κ1) is 14.6. The summed E-state index contributed by atoms with van der Waals surface area (Å²) in [5.74, 6) is 0.844. The lowest BCUT2D eigenvalue weighted by atomic mass is 9.84. The molecule has 0 radical (unpaired) electrons. The van der Waals surface area contributed by atoms with E-state index in [0.717, 1.165) is 19.0 Å². The molecule has 0 unspecified atom stereocenters. The average Bonchev–Trinajstić information content (AvgIpc) is 2.49. The third kappa shape index (κ3) is 4.99. The first-order chi connectivity index (χ1) is 9.40. The van der Waals surface area contributed by atoms with Crippen LogP contribution in [0.4, 0.5) is 0 Å². The summed E-state index contributed by atoms with van der Waals surface area (Å²) in [5, 5.41) is 3.39. The van der Waals surface area contributed by atoms with Gasteiger partial charge in [0, 0.05) is 0 Å². The molecule has 0 aliphatic heterocycles. The van der Waals surface area contributed by atoms with Crippen LogP contribution < -0.4 is 5.32 Å². The van der Waals surface area contributed by atoms with E-state index in [1.165, 1.54) is 56.9 Å². The van der Waals surface area contributed by atoms with Crippen molar-refractivity contribution in [2.45, 2.75) is 64.2 Å². The van der Waals surface area contributed by atoms with Crippen LogP contribution in [0.15, 0.2) is 24.3 Å². The Kier molecular flexibility index (Phi) is 6.43. The first-order valence-corrected chi connectivity index (χ1v) is 8.19. The molecule has 1 fully saturated rings. The predicted molar refractivity (Wildman–Crippen MR) is 83.7 cm³/mol. The van der Waals surface area contributed by atoms with Gasteiger partial charge in [0.2, 0.25) is 0 Å². The van der Waals surface area contributed by atoms with Gasteiger partial charge in [0.05, 0.1) is 0 Å². The first-order valence-electron chi connectivity index (χ1n) is 8.19. The highest BCUT2D eigenvalue weighted by Crippen LogP contribution is 2.32. The molecule has 106 valence electrons. The topological polar surface area (TPSA) is 12.0 Å². The van der Waals surface area contributed by atoms with Crippen molar-refractivity contribution in [3.05, 3.63) is 35.4 Å². The van der Waals surface area contributed by atoms with Crippen LogP contribution in [0.2, 0.25) is 0 Å². The van der Waals surface area contributed by atoms with Gasteiger partial charge in [0.25, 0.3) is 0 Å². The number of hydrogen-bond donors (Lipinski definition) is 1. The van der Waals surface area contributed by atoms with Crippen LogP contribution in [-0.4, -0.2) is 13.1 Å². The van der Waals surface area contributed by atoms with Crippen molar-refractivity contribution in [1.29, 1.82) is 0 Å². The van der Waals surface area contributed by atoms with Gasteiger partial charge in [-0.25, -0.2) is 0 Å². The van der Waals surface area contributed by atoms with Crippen molar-refractivity contribution in [3.8, 4) is 0 Å². The molecule has 0 aromatic heterocycles. The fraction of sp³-hybridized carbons (Fsp3) is 0.667. The number of benzene rings is 1. The molecule has 1 aromatic rings. The largest absolute Gasteiger partial charge is 0.317 e. The minimum absolute atomic E-state index is 0.844. The summed E-state index contributed by atoms with van der Waals surface area (Å²) in [5.41, 5.74) is 3.09. The summed E-state index contributed by atoms with van der Waals surface area (Å²) in [6, 6.07) is 9.49. The Morgan fingerprint density at radius 3 is 2.42 bits per heavy atom. The molecule has 1 aromatic carbocycles. The number of hydrogen-bond acceptors (Lipinski definition) is 1. The summed E-state index contributed by atoms with van der Waals surface area (Å²) in [4.78, 5) is 0. The molecule has 1 nitrogen and oxygen atoms in total. The van der Waals surface area contributed by atoms with Crippen LogP contribution in [0.5, 0.6) is 0 Å². The minimum Gasteiger partial charge on any atom is -0.317 e. The molecule has 1 N–H and O–H groups in total. The summed E-state index contributed by atoms with van der Waals surface area (Å²) in [6.45, 7) is 4.43. The van der Waals surface area contributed by atoms with Crippen molar-refractivity contribution < 1.29 is 0 Å². The average molecular weight is 259 g/mol. The summed E-state index contributed by atoms with van der Waals surface area (Å²) in [6.07, 6.45) is 10.9. The van der Waals surface area contributed by atoms with E-state index in [1.54, 1.807) is 5.56 Å². The Bertz CT molecular complexity index is 335. The molecule has 1 aliphatic carbocycles. The van der Waals surface area contributed by atoms with Crippen LogP contribution in [0.1, 0.15) is 68.9 Å². The standard InChI is InChI=1S/C18H29N/c1-2-19-15-7-6-8-16-11-13-18(14-12-16)17-9-4-3-5-10-17/h11-14,17,19H,2-10,15H2,1H3. The molecule has 0 saturated heterocycles. The number of unbranched alkanes of at least 4 members (excludes halogenated alkanes) is 1. The summed E-state index contributed by atoms with van der Waals surface area (Å²) >= 11 is 0. The molecule has 0 amide bonds. The van der Waals surface area contributed by atoms with Gasteiger partial charge in [-0.3, -0.25) is 0 Å². The number of nitrogens with one attached hydrogen (secondary N) is 1. The highest BCUT2D eigenvalue weighted by Gasteiger charge is 2.14. The molecular weight excluding hydrogens is 230 g/mol. The molecule has 0 bridgehead atoms. The highest BCUT2D eigenvalue weighted by atomic mass is 14.8. The van der Waals surface area contributed by atoms with E-state index in [2.05, 4.69) is 36.5 Å². The van der Waals surface area contributed by atoms with Crippen LogP contribution in [-0.2, 0) is 6.42 Å². The molecule has 1 aliphatic rings. The molecule has 0 atom stereocenters. The zero-order chi connectivity index (χ0) is 13.3. The summed E-state index contributed by atoms with van der Waals surface area (Å²) in [7, 11) is 0. The van der Waals surface area contributed by atoms with Crippen molar-refractivity contribution >= 4 is 0 Å². The van der Waals surface area contributed by atoms with Gasteiger partial charge in [-0.05, 0) is 62.2 Å². The summed E-state index contributed by atoms with van der Waals surface area (Å²) < 4.78 is 0. The van der Waals surface area contributed by atoms with Crippen molar-refractivity contribution in [2.75, 3.05) is 13.1 Å². The van der Waals surface area contributed by atoms with E-state index in [4.69, 9.17) is 0 Å². The lowest BCUT2D eigenvalue weighted by molar-refractivity contribution is 0.443. The van der Waals surface area contributed by atoms with Crippen LogP contribution in [0.3, 0.4) is 0 Å². The van der Waals surface area contributed by atoms with Crippen molar-refractivity contribution in [1.82, 2.24) is 5.32 Å². The maximum atomic E-state index is 3.39. The van der Waals surface area contributed by atoms with Crippen molar-refractivity contribution in [2.24, 2.45) is 0 Å². The van der Waals surface area contributed by atoms with E-state index in [-0.39, 0.29) is 0 Å². The molecule has 19 heavy (non-hydrogen) atoms. The van der Waals surface area contributed by atoms with Crippen molar-refractivity contribution in [3.63, 3.8) is 0 Å². The Hall–Kier alpha value is -0.820. The van der Waals surface area contributed by atoms with Crippen LogP contribution in [0, 0.1) is 0 Å². The maximum absolute atomic E-state index is 3.39. The maximum Gasteiger partial charge on any atom is -0.00489 e. The normalized spacial score (nSPS) is 16.7. The highest BCUT2D eigenvalue weighted by molar-refractivity contribution is 5.25. The Balaban J connectivity index is 1.74. The smallest absolute Gasteiger partial charge is 0.00489 e. The van der Waals surface area contributed by atoms with Gasteiger partial charge in [0.15, 0.2) is 0 Å². The Morgan fingerprint density at radius 1 is 1.00 bits per heavy atom. The van der Waals surface area contributed by atoms with Gasteiger partial charge in [-0.2, -0.15) is 0 Å². The molecule has 1 saturated carbocycles. The lowest BCUT2D eigenvalue weighted by Crippen LogP contribution is -2.13. The number of aryl methyl sites for hydroxylation is 1. The quantitative estimate of drug-likeness (QED) is 0.702. The van der Waals surface area contributed by atoms with Crippen LogP contribution in [0.25, 0.3) is 0 Å². The molecular formula is C18H29N. The van der Waals surface area contributed by atoms with Gasteiger partial charge in [0.1, 0.15) is 0 Å². The second-order valence-corrected chi connectivity index (χ2v) is 5.89. The van der Waals surface area contributed by atoms with Gasteiger partial charge in [-0.1, -0.05) is 50.5 Å². The van der Waals surface area contributed by atoms with E-state index < -0.39 is 0 Å². The lowest BCUT2D eigenvalue weighted by Gasteiger charge is -2.22. The predicted octanol–water partition coefficient (Wildman–Crippen LogP) is 4.67. The SMILES string of the molecule is CCNCCCCc1ccc(C2CCCCC2)cc1. The van der Waals surface area contributed by atoms with Gasteiger partial charge in [-0.15, -0.1) is 0 Å². The van der Waals surface area contributed by atoms with Gasteiger partial charge >= 0.3 is 0 Å². The molecule has 0 spiro atoms. The molecule has 0 heterocycles. The fourth-order valence-corrected chi connectivity index (χ4v) is 3.15. The molecule has 1 heteroatoms. The Morgan fingerprint density at radius 2 is 1.74 bits per heavy atom. The van der Waals surface area contributed by atoms with Gasteiger partial charge < -0.3 is 5.32 Å². The van der Waals surface area contributed by atoms with E-state index >= 15 is 0 Å². The Labute approximate surface area is 118 Å². The monoisotopic (exact) mass is 259 g/mol. The molecule has 2 rings (SSSR count). The van der Waals surface area contributed by atoms with E-state index in [9.17, 15) is 0 Å². The zero-order valence-electron chi connectivity index (χ0n) is 12.5. The third-order valence-corrected chi connectivity index (χ3v) is 4.38. The minimum atomic E-state index is 0.844. The second kappa shape index (κ2) is 8.37. The van der Waals surface area contributed by atoms with E-state index in [0.29, 0.717) is 0 Å². The zero-order valence-corrected chi connectivity index (χ0v) is 12.5. The van der Waals surface area contributed by atoms with Crippen LogP contribution >= 0.6 is 0 Å². The second-order valence-electron chi connectivity index (χ2n) is 5.89. The van der Waals surface area contributed by atoms with E-state index in [1.807, 2.05) is 0 Å². The fourth-order valence-electron chi connectivity index (χ4n) is 3.15.